The minimum Gasteiger partial charge on any atom is -0.444 e. The number of likely N-dealkylation sites (tertiary alicyclic amines) is 1. The number of nitrogens with zero attached hydrogens (tertiary/aromatic N) is 4. The molecule has 5 rings (SSSR count). The molecule has 3 saturated heterocycles. The van der Waals surface area contributed by atoms with E-state index in [0.717, 1.165) is 48.8 Å². The molecule has 0 bridgehead atoms. The number of ether oxygens (including phenoxy) is 1. The zero-order valence-electron chi connectivity index (χ0n) is 25.4. The Bertz CT molecular complexity index is 1250. The lowest BCUT2D eigenvalue weighted by Crippen LogP contribution is -2.44. The van der Waals surface area contributed by atoms with Crippen molar-refractivity contribution >= 4 is 34.5 Å². The fraction of sp³-hybridized carbons (Fsp3) is 0.677. The fourth-order valence-corrected chi connectivity index (χ4v) is 6.24. The Morgan fingerprint density at radius 3 is 2.44 bits per heavy atom. The monoisotopic (exact) mass is 571 g/mol. The van der Waals surface area contributed by atoms with Crippen LogP contribution in [0.3, 0.4) is 0 Å². The average molecular weight is 572 g/mol. The van der Waals surface area contributed by atoms with Gasteiger partial charge in [-0.3, -0.25) is 19.6 Å². The number of piperidine rings is 3. The molecule has 3 aliphatic rings. The third-order valence-electron chi connectivity index (χ3n) is 8.38. The second kappa shape index (κ2) is 12.8. The lowest BCUT2D eigenvalue weighted by atomic mass is 9.82. The number of rotatable bonds is 4. The van der Waals surface area contributed by atoms with E-state index in [2.05, 4.69) is 15.3 Å². The van der Waals surface area contributed by atoms with Crippen molar-refractivity contribution in [2.45, 2.75) is 90.8 Å². The summed E-state index contributed by atoms with van der Waals surface area (Å²) in [6, 6.07) is 5.98. The Labute approximate surface area is 242 Å². The highest BCUT2D eigenvalue weighted by atomic mass is 19.1. The lowest BCUT2D eigenvalue weighted by Gasteiger charge is -2.39. The van der Waals surface area contributed by atoms with Gasteiger partial charge in [0.25, 0.3) is 0 Å². The van der Waals surface area contributed by atoms with Crippen LogP contribution >= 0.6 is 0 Å². The van der Waals surface area contributed by atoms with Crippen molar-refractivity contribution < 1.29 is 23.5 Å². The molecule has 0 radical (unpaired) electrons. The molecular formula is C31H46FN5O4. The SMILES string of the molecule is CC.Cn1nc(C2CCC(=O)NC2=O)c2ccc(N3CCC(CC4CCN(C(=O)OC(C)(C)C)CC4)[C@@H](F)C3)cc21. The highest BCUT2D eigenvalue weighted by molar-refractivity contribution is 6.02. The maximum absolute atomic E-state index is 15.4. The molecule has 3 amide bonds. The summed E-state index contributed by atoms with van der Waals surface area (Å²) in [7, 11) is 1.85. The number of alkyl halides is 1. The highest BCUT2D eigenvalue weighted by Crippen LogP contribution is 2.36. The van der Waals surface area contributed by atoms with Crippen molar-refractivity contribution in [3.05, 3.63) is 23.9 Å². The molecule has 3 atom stereocenters. The van der Waals surface area contributed by atoms with Gasteiger partial charge in [0.2, 0.25) is 11.8 Å². The number of fused-ring (bicyclic) bond motifs is 1. The number of halogens is 1. The van der Waals surface area contributed by atoms with Crippen LogP contribution in [0.1, 0.15) is 84.8 Å². The number of nitrogens with one attached hydrogen (secondary N) is 1. The first-order valence-corrected chi connectivity index (χ1v) is 15.2. The molecule has 226 valence electrons. The molecular weight excluding hydrogens is 525 g/mol. The molecule has 0 saturated carbocycles. The summed E-state index contributed by atoms with van der Waals surface area (Å²) >= 11 is 0. The van der Waals surface area contributed by atoms with E-state index >= 15 is 4.39 Å². The molecule has 10 heteroatoms. The first-order valence-electron chi connectivity index (χ1n) is 15.2. The number of amides is 3. The summed E-state index contributed by atoms with van der Waals surface area (Å²) < 4.78 is 22.7. The van der Waals surface area contributed by atoms with Crippen LogP contribution in [-0.4, -0.2) is 70.5 Å². The van der Waals surface area contributed by atoms with E-state index in [9.17, 15) is 14.4 Å². The van der Waals surface area contributed by atoms with Crippen molar-refractivity contribution in [2.24, 2.45) is 18.9 Å². The van der Waals surface area contributed by atoms with Gasteiger partial charge in [-0.25, -0.2) is 9.18 Å². The quantitative estimate of drug-likeness (QED) is 0.499. The Balaban J connectivity index is 0.00000189. The van der Waals surface area contributed by atoms with Gasteiger partial charge in [-0.1, -0.05) is 13.8 Å². The fourth-order valence-electron chi connectivity index (χ4n) is 6.24. The zero-order valence-corrected chi connectivity index (χ0v) is 25.4. The third-order valence-corrected chi connectivity index (χ3v) is 8.38. The van der Waals surface area contributed by atoms with Gasteiger partial charge in [0.1, 0.15) is 11.8 Å². The maximum Gasteiger partial charge on any atom is 0.410 e. The van der Waals surface area contributed by atoms with Crippen LogP contribution in [0, 0.1) is 11.8 Å². The second-order valence-corrected chi connectivity index (χ2v) is 12.4. The largest absolute Gasteiger partial charge is 0.444 e. The summed E-state index contributed by atoms with van der Waals surface area (Å²) in [5, 5.41) is 7.93. The molecule has 2 unspecified atom stereocenters. The van der Waals surface area contributed by atoms with Crippen molar-refractivity contribution in [3.63, 3.8) is 0 Å². The molecule has 0 spiro atoms. The Morgan fingerprint density at radius 1 is 1.10 bits per heavy atom. The number of aryl methyl sites for hydroxylation is 1. The standard InChI is InChI=1S/C29H40FN5O4.C2H6/c1-29(2,3)39-28(38)34-12-9-18(10-13-34)15-19-11-14-35(17-23(19)30)20-5-6-21-24(16-20)33(4)32-26(21)22-7-8-25(36)31-27(22)37;1-2/h5-6,16,18-19,22-23H,7-15,17H2,1-4H3,(H,31,36,37);1-2H3/t19?,22?,23-;/m0./s1. The van der Waals surface area contributed by atoms with Gasteiger partial charge >= 0.3 is 6.09 Å². The molecule has 3 aliphatic heterocycles. The van der Waals surface area contributed by atoms with Crippen LogP contribution in [0.4, 0.5) is 14.9 Å². The number of anilines is 1. The van der Waals surface area contributed by atoms with E-state index in [-0.39, 0.29) is 23.8 Å². The van der Waals surface area contributed by atoms with Crippen LogP contribution in [0.15, 0.2) is 18.2 Å². The first kappa shape index (κ1) is 30.8. The van der Waals surface area contributed by atoms with Gasteiger partial charge in [-0.2, -0.15) is 5.10 Å². The van der Waals surface area contributed by atoms with Crippen molar-refractivity contribution in [1.82, 2.24) is 20.0 Å². The highest BCUT2D eigenvalue weighted by Gasteiger charge is 2.35. The normalized spacial score (nSPS) is 24.1. The maximum atomic E-state index is 15.4. The number of benzene rings is 1. The van der Waals surface area contributed by atoms with Crippen LogP contribution < -0.4 is 10.2 Å². The number of imide groups is 1. The number of carbonyl (C=O) groups excluding carboxylic acids is 3. The van der Waals surface area contributed by atoms with E-state index < -0.39 is 17.7 Å². The summed E-state index contributed by atoms with van der Waals surface area (Å²) in [5.41, 5.74) is 2.03. The predicted octanol–water partition coefficient (Wildman–Crippen LogP) is 5.32. The molecule has 1 N–H and O–H groups in total. The second-order valence-electron chi connectivity index (χ2n) is 12.4. The topological polar surface area (TPSA) is 96.8 Å². The first-order chi connectivity index (χ1) is 19.5. The van der Waals surface area contributed by atoms with Crippen LogP contribution in [-0.2, 0) is 21.4 Å². The van der Waals surface area contributed by atoms with Crippen molar-refractivity contribution in [1.29, 1.82) is 0 Å². The summed E-state index contributed by atoms with van der Waals surface area (Å²) in [6.07, 6.45) is 3.01. The molecule has 0 aliphatic carbocycles. The average Bonchev–Trinajstić information content (AvgIpc) is 3.25. The van der Waals surface area contributed by atoms with Gasteiger partial charge in [0.15, 0.2) is 0 Å². The van der Waals surface area contributed by atoms with Gasteiger partial charge in [-0.15, -0.1) is 0 Å². The summed E-state index contributed by atoms with van der Waals surface area (Å²) in [6.45, 7) is 12.1. The van der Waals surface area contributed by atoms with Gasteiger partial charge in [0.05, 0.1) is 17.1 Å². The van der Waals surface area contributed by atoms with E-state index in [1.165, 1.54) is 0 Å². The number of carbonyl (C=O) groups is 3. The lowest BCUT2D eigenvalue weighted by molar-refractivity contribution is -0.134. The molecule has 2 aromatic rings. The predicted molar refractivity (Wildman–Crippen MR) is 158 cm³/mol. The molecule has 4 heterocycles. The molecule has 3 fully saturated rings. The molecule has 9 nitrogen and oxygen atoms in total. The minimum absolute atomic E-state index is 0.0267. The number of hydrogen-bond acceptors (Lipinski definition) is 6. The van der Waals surface area contributed by atoms with Crippen LogP contribution in [0.25, 0.3) is 10.9 Å². The zero-order chi connectivity index (χ0) is 29.9. The van der Waals surface area contributed by atoms with E-state index in [1.807, 2.05) is 59.9 Å². The Kier molecular flexibility index (Phi) is 9.59. The third kappa shape index (κ3) is 7.19. The van der Waals surface area contributed by atoms with Gasteiger partial charge in [0, 0.05) is 50.7 Å². The van der Waals surface area contributed by atoms with E-state index in [0.29, 0.717) is 44.1 Å². The van der Waals surface area contributed by atoms with E-state index in [4.69, 9.17) is 4.74 Å². The van der Waals surface area contributed by atoms with Gasteiger partial charge < -0.3 is 14.5 Å². The molecule has 1 aromatic carbocycles. The summed E-state index contributed by atoms with van der Waals surface area (Å²) in [5.74, 6) is -0.532. The van der Waals surface area contributed by atoms with Crippen molar-refractivity contribution in [2.75, 3.05) is 31.1 Å². The number of hydrogen-bond donors (Lipinski definition) is 1. The summed E-state index contributed by atoms with van der Waals surface area (Å²) in [4.78, 5) is 40.2. The van der Waals surface area contributed by atoms with Crippen LogP contribution in [0.5, 0.6) is 0 Å². The Morgan fingerprint density at radius 2 is 1.80 bits per heavy atom. The molecule has 41 heavy (non-hydrogen) atoms. The molecule has 1 aromatic heterocycles. The Hall–Kier alpha value is -3.17. The minimum atomic E-state index is -0.913. The van der Waals surface area contributed by atoms with Crippen LogP contribution in [0.2, 0.25) is 0 Å². The number of aromatic nitrogens is 2. The smallest absolute Gasteiger partial charge is 0.410 e. The van der Waals surface area contributed by atoms with Crippen molar-refractivity contribution in [3.8, 4) is 0 Å². The van der Waals surface area contributed by atoms with Gasteiger partial charge in [-0.05, 0) is 82.9 Å². The van der Waals surface area contributed by atoms with E-state index in [1.54, 1.807) is 9.58 Å².